The van der Waals surface area contributed by atoms with Crippen LogP contribution in [0.5, 0.6) is 0 Å². The van der Waals surface area contributed by atoms with E-state index in [-0.39, 0.29) is 20.1 Å². The van der Waals surface area contributed by atoms with Gasteiger partial charge in [-0.15, -0.1) is 59.7 Å². The van der Waals surface area contributed by atoms with Crippen molar-refractivity contribution in [2.45, 2.75) is 39.9 Å². The molecule has 0 spiro atoms. The number of para-hydroxylation sites is 2. The van der Waals surface area contributed by atoms with E-state index in [1.54, 1.807) is 0 Å². The molecule has 1 radical (unpaired) electrons. The minimum Gasteiger partial charge on any atom is -0.500 e. The van der Waals surface area contributed by atoms with Crippen molar-refractivity contribution in [3.63, 3.8) is 0 Å². The summed E-state index contributed by atoms with van der Waals surface area (Å²) in [6.45, 7) is 11.7. The van der Waals surface area contributed by atoms with Crippen molar-refractivity contribution in [2.75, 3.05) is 0 Å². The van der Waals surface area contributed by atoms with Gasteiger partial charge in [0, 0.05) is 42.8 Å². The van der Waals surface area contributed by atoms with Gasteiger partial charge in [0.2, 0.25) is 0 Å². The number of benzene rings is 6. The number of imidazole rings is 1. The number of pyridine rings is 1. The molecule has 0 fully saturated rings. The second-order valence-electron chi connectivity index (χ2n) is 14.8. The third-order valence-electron chi connectivity index (χ3n) is 9.52. The summed E-state index contributed by atoms with van der Waals surface area (Å²) in [6.07, 6.45) is 3.24. The Balaban J connectivity index is 0.000000180. The molecule has 53 heavy (non-hydrogen) atoms. The fraction of sp³-hybridized carbons (Fsp3) is 0.149. The summed E-state index contributed by atoms with van der Waals surface area (Å²) in [5, 5.41) is 6.05. The van der Waals surface area contributed by atoms with E-state index in [9.17, 15) is 0 Å². The first-order valence-corrected chi connectivity index (χ1v) is 21.5. The third-order valence-corrected chi connectivity index (χ3v) is 11.6. The fourth-order valence-corrected chi connectivity index (χ4v) is 8.72. The van der Waals surface area contributed by atoms with Gasteiger partial charge in [0.15, 0.2) is 0 Å². The van der Waals surface area contributed by atoms with Crippen molar-refractivity contribution in [3.05, 3.63) is 157 Å². The molecular weight excluding hydrogens is 843 g/mol. The Morgan fingerprint density at radius 2 is 1.45 bits per heavy atom. The number of rotatable bonds is 6. The van der Waals surface area contributed by atoms with Crippen LogP contribution in [-0.4, -0.2) is 22.6 Å². The molecule has 265 valence electrons. The van der Waals surface area contributed by atoms with E-state index in [1.807, 2.05) is 48.5 Å². The normalized spacial score (nSPS) is 11.6. The molecule has 0 N–H and O–H groups in total. The van der Waals surface area contributed by atoms with Crippen LogP contribution in [0.15, 0.2) is 144 Å². The van der Waals surface area contributed by atoms with Gasteiger partial charge >= 0.3 is 0 Å². The molecular formula is C47H41IrN3OSi-2. The Morgan fingerprint density at radius 3 is 2.21 bits per heavy atom. The van der Waals surface area contributed by atoms with Crippen LogP contribution in [0.1, 0.15) is 19.4 Å². The smallest absolute Gasteiger partial charge is 0.120 e. The average molecular weight is 884 g/mol. The second kappa shape index (κ2) is 15.1. The van der Waals surface area contributed by atoms with Gasteiger partial charge in [-0.25, -0.2) is 0 Å². The molecule has 0 atom stereocenters. The van der Waals surface area contributed by atoms with Crippen molar-refractivity contribution >= 4 is 57.0 Å². The Kier molecular flexibility index (Phi) is 10.3. The zero-order valence-electron chi connectivity index (χ0n) is 30.6. The van der Waals surface area contributed by atoms with Crippen LogP contribution >= 0.6 is 0 Å². The first-order chi connectivity index (χ1) is 25.2. The maximum absolute atomic E-state index is 6.02. The fourth-order valence-electron chi connectivity index (χ4n) is 7.13. The molecule has 4 nitrogen and oxygen atoms in total. The molecule has 9 rings (SSSR count). The van der Waals surface area contributed by atoms with Crippen molar-refractivity contribution in [2.24, 2.45) is 5.92 Å². The maximum Gasteiger partial charge on any atom is 0.120 e. The van der Waals surface area contributed by atoms with Crippen LogP contribution in [0.25, 0.3) is 72.1 Å². The van der Waals surface area contributed by atoms with E-state index >= 15 is 0 Å². The van der Waals surface area contributed by atoms with E-state index in [0.29, 0.717) is 5.92 Å². The van der Waals surface area contributed by atoms with Crippen LogP contribution in [0.2, 0.25) is 19.6 Å². The molecule has 3 aromatic heterocycles. The summed E-state index contributed by atoms with van der Waals surface area (Å²) >= 11 is 0. The molecule has 0 saturated heterocycles. The molecule has 0 aliphatic heterocycles. The van der Waals surface area contributed by atoms with Gasteiger partial charge in [0.1, 0.15) is 5.58 Å². The Bertz CT molecular complexity index is 2670. The van der Waals surface area contributed by atoms with Crippen LogP contribution in [0.3, 0.4) is 0 Å². The number of aromatic nitrogens is 3. The van der Waals surface area contributed by atoms with Gasteiger partial charge in [-0.2, -0.15) is 0 Å². The number of fused-ring (bicyclic) bond motifs is 6. The third kappa shape index (κ3) is 7.28. The number of hydrogen-bond acceptors (Lipinski definition) is 3. The molecule has 0 bridgehead atoms. The minimum absolute atomic E-state index is 0. The second-order valence-corrected chi connectivity index (χ2v) is 19.9. The predicted molar refractivity (Wildman–Crippen MR) is 220 cm³/mol. The zero-order valence-corrected chi connectivity index (χ0v) is 34.0. The summed E-state index contributed by atoms with van der Waals surface area (Å²) < 4.78 is 8.26. The summed E-state index contributed by atoms with van der Waals surface area (Å²) in [5.74, 6) is 1.54. The molecule has 0 unspecified atom stereocenters. The van der Waals surface area contributed by atoms with Gasteiger partial charge in [-0.3, -0.25) is 4.98 Å². The summed E-state index contributed by atoms with van der Waals surface area (Å²) in [5.41, 5.74) is 9.41. The minimum atomic E-state index is -1.34. The van der Waals surface area contributed by atoms with Crippen LogP contribution in [0, 0.1) is 18.1 Å². The standard InChI is InChI=1S/C29H17N2O.C18H24NSi.Ir/c1-2-9-21(10-3-1)31-28-22-11-5-4-8-19(22)14-16-25(28)30-29(31)20-15-17-27-24(18-20)23-12-6-7-13-26(23)32-27;1-14(2)11-16-12-17(15-9-7-6-8-10-15)19-13-18(16)20(3,4)5;/h1-14,16-18H;6-9,12-14H,11H2,1-5H3;/q2*-1;. The van der Waals surface area contributed by atoms with Crippen molar-refractivity contribution < 1.29 is 24.5 Å². The van der Waals surface area contributed by atoms with E-state index in [2.05, 4.69) is 146 Å². The summed E-state index contributed by atoms with van der Waals surface area (Å²) in [4.78, 5) is 9.77. The first kappa shape index (κ1) is 36.2. The molecule has 0 aliphatic rings. The topological polar surface area (TPSA) is 43.9 Å². The van der Waals surface area contributed by atoms with E-state index in [4.69, 9.17) is 9.40 Å². The van der Waals surface area contributed by atoms with Crippen LogP contribution in [-0.2, 0) is 26.5 Å². The van der Waals surface area contributed by atoms with E-state index in [1.165, 1.54) is 21.5 Å². The first-order valence-electron chi connectivity index (χ1n) is 18.0. The monoisotopic (exact) mass is 884 g/mol. The van der Waals surface area contributed by atoms with Gasteiger partial charge in [0.25, 0.3) is 0 Å². The van der Waals surface area contributed by atoms with Crippen molar-refractivity contribution in [1.29, 1.82) is 0 Å². The quantitative estimate of drug-likeness (QED) is 0.123. The molecule has 0 aliphatic carbocycles. The molecule has 9 aromatic rings. The Labute approximate surface area is 325 Å². The zero-order chi connectivity index (χ0) is 35.8. The van der Waals surface area contributed by atoms with Crippen molar-refractivity contribution in [1.82, 2.24) is 14.5 Å². The van der Waals surface area contributed by atoms with Gasteiger partial charge in [-0.05, 0) is 52.9 Å². The number of nitrogens with zero attached hydrogens (tertiary/aromatic N) is 3. The van der Waals surface area contributed by atoms with Gasteiger partial charge < -0.3 is 14.0 Å². The molecule has 0 amide bonds. The SMILES string of the molecule is CC(C)Cc1cc(-c2[c-]cccc2)ncc1[Si](C)(C)C.[Ir].[c-]1cc2oc3ccccc3c2cc1-c1nc2ccc3ccccc3c2n1-c1ccccc1. The Morgan fingerprint density at radius 1 is 0.717 bits per heavy atom. The number of furan rings is 1. The molecule has 3 heterocycles. The largest absolute Gasteiger partial charge is 0.500 e. The van der Waals surface area contributed by atoms with E-state index < -0.39 is 8.07 Å². The maximum atomic E-state index is 6.02. The molecule has 6 heteroatoms. The average Bonchev–Trinajstić information content (AvgIpc) is 3.74. The van der Waals surface area contributed by atoms with Crippen molar-refractivity contribution in [3.8, 4) is 28.3 Å². The van der Waals surface area contributed by atoms with Gasteiger partial charge in [0.05, 0.1) is 30.5 Å². The van der Waals surface area contributed by atoms with Crippen LogP contribution < -0.4 is 5.19 Å². The van der Waals surface area contributed by atoms with E-state index in [0.717, 1.165) is 67.7 Å². The Hall–Kier alpha value is -5.13. The summed E-state index contributed by atoms with van der Waals surface area (Å²) in [7, 11) is -1.34. The molecule has 6 aromatic carbocycles. The number of hydrogen-bond donors (Lipinski definition) is 0. The predicted octanol–water partition coefficient (Wildman–Crippen LogP) is 11.8. The van der Waals surface area contributed by atoms with Gasteiger partial charge in [-0.1, -0.05) is 117 Å². The van der Waals surface area contributed by atoms with Crippen LogP contribution in [0.4, 0.5) is 0 Å². The molecule has 0 saturated carbocycles. The summed E-state index contributed by atoms with van der Waals surface area (Å²) in [6, 6.07) is 52.4.